The first-order valence-corrected chi connectivity index (χ1v) is 13.5. The number of fused-ring (bicyclic) bond motifs is 1. The van der Waals surface area contributed by atoms with Crippen LogP contribution in [-0.2, 0) is 14.2 Å². The summed E-state index contributed by atoms with van der Waals surface area (Å²) in [5, 5.41) is 82.4. The molecule has 8 N–H and O–H groups in total. The van der Waals surface area contributed by atoms with E-state index in [0.29, 0.717) is 5.56 Å². The van der Waals surface area contributed by atoms with E-state index in [-0.39, 0.29) is 35.0 Å². The fourth-order valence-corrected chi connectivity index (χ4v) is 5.29. The van der Waals surface area contributed by atoms with Crippen molar-refractivity contribution in [2.24, 2.45) is 0 Å². The van der Waals surface area contributed by atoms with Crippen LogP contribution < -0.4 is 14.2 Å². The van der Waals surface area contributed by atoms with Crippen molar-refractivity contribution >= 4 is 5.78 Å². The molecular weight excluding hydrogens is 576 g/mol. The van der Waals surface area contributed by atoms with Gasteiger partial charge in [-0.1, -0.05) is 6.07 Å². The molecule has 3 heterocycles. The Kier molecular flexibility index (Phi) is 8.99. The summed E-state index contributed by atoms with van der Waals surface area (Å²) in [7, 11) is 1.39. The van der Waals surface area contributed by atoms with Crippen molar-refractivity contribution in [1.82, 2.24) is 0 Å². The van der Waals surface area contributed by atoms with Gasteiger partial charge in [0.1, 0.15) is 65.5 Å². The highest BCUT2D eigenvalue weighted by Crippen LogP contribution is 2.43. The Morgan fingerprint density at radius 1 is 0.884 bits per heavy atom. The van der Waals surface area contributed by atoms with Gasteiger partial charge in [0, 0.05) is 12.1 Å². The van der Waals surface area contributed by atoms with Crippen molar-refractivity contribution in [2.45, 2.75) is 80.9 Å². The van der Waals surface area contributed by atoms with Crippen molar-refractivity contribution in [3.8, 4) is 28.7 Å². The van der Waals surface area contributed by atoms with Crippen LogP contribution in [0.2, 0.25) is 0 Å². The molecule has 11 atom stereocenters. The zero-order valence-corrected chi connectivity index (χ0v) is 23.1. The topological polar surface area (TPSA) is 234 Å². The van der Waals surface area contributed by atoms with Gasteiger partial charge in [-0.25, -0.2) is 0 Å². The molecule has 0 saturated carbocycles. The summed E-state index contributed by atoms with van der Waals surface area (Å²) in [6.45, 7) is 0.699. The highest BCUT2D eigenvalue weighted by molar-refractivity contribution is 6.02. The maximum absolute atomic E-state index is 13.0. The second-order valence-electron chi connectivity index (χ2n) is 10.6. The minimum Gasteiger partial charge on any atom is -0.507 e. The molecule has 0 aliphatic carbocycles. The lowest BCUT2D eigenvalue weighted by molar-refractivity contribution is -0.354. The van der Waals surface area contributed by atoms with E-state index >= 15 is 0 Å². The zero-order chi connectivity index (χ0) is 31.2. The molecular formula is C28H34O15. The van der Waals surface area contributed by atoms with Crippen LogP contribution in [0.4, 0.5) is 0 Å². The minimum absolute atomic E-state index is 0.0592. The molecule has 0 radical (unpaired) electrons. The number of hydrogen-bond acceptors (Lipinski definition) is 15. The second kappa shape index (κ2) is 12.4. The summed E-state index contributed by atoms with van der Waals surface area (Å²) < 4.78 is 33.7. The molecule has 15 heteroatoms. The van der Waals surface area contributed by atoms with Gasteiger partial charge < -0.3 is 69.3 Å². The van der Waals surface area contributed by atoms with Crippen molar-refractivity contribution in [3.63, 3.8) is 0 Å². The number of hydrogen-bond donors (Lipinski definition) is 8. The molecule has 2 fully saturated rings. The maximum atomic E-state index is 13.0. The van der Waals surface area contributed by atoms with E-state index in [2.05, 4.69) is 0 Å². The van der Waals surface area contributed by atoms with E-state index in [0.717, 1.165) is 6.07 Å². The van der Waals surface area contributed by atoms with Gasteiger partial charge in [-0.2, -0.15) is 0 Å². The molecule has 5 rings (SSSR count). The lowest BCUT2D eigenvalue weighted by Crippen LogP contribution is -2.64. The van der Waals surface area contributed by atoms with Gasteiger partial charge in [-0.15, -0.1) is 0 Å². The molecule has 0 aromatic heterocycles. The summed E-state index contributed by atoms with van der Waals surface area (Å²) in [5.41, 5.74) is 0.352. The number of benzene rings is 2. The molecule has 2 saturated heterocycles. The number of rotatable bonds is 7. The lowest BCUT2D eigenvalue weighted by atomic mass is 9.95. The van der Waals surface area contributed by atoms with Crippen molar-refractivity contribution < 1.29 is 74.1 Å². The molecule has 43 heavy (non-hydrogen) atoms. The first kappa shape index (κ1) is 31.2. The van der Waals surface area contributed by atoms with Crippen LogP contribution in [-0.4, -0.2) is 122 Å². The fourth-order valence-electron chi connectivity index (χ4n) is 5.29. The molecule has 15 nitrogen and oxygen atoms in total. The van der Waals surface area contributed by atoms with E-state index in [9.17, 15) is 45.6 Å². The zero-order valence-electron chi connectivity index (χ0n) is 23.1. The van der Waals surface area contributed by atoms with Gasteiger partial charge in [0.15, 0.2) is 29.7 Å². The second-order valence-corrected chi connectivity index (χ2v) is 10.6. The van der Waals surface area contributed by atoms with E-state index in [1.54, 1.807) is 6.07 Å². The van der Waals surface area contributed by atoms with Crippen LogP contribution in [0.25, 0.3) is 0 Å². The summed E-state index contributed by atoms with van der Waals surface area (Å²) in [5.74, 6) is -1.06. The summed E-state index contributed by atoms with van der Waals surface area (Å²) in [6, 6.07) is 6.89. The van der Waals surface area contributed by atoms with Crippen molar-refractivity contribution in [1.29, 1.82) is 0 Å². The van der Waals surface area contributed by atoms with Crippen LogP contribution in [0.1, 0.15) is 35.4 Å². The highest BCUT2D eigenvalue weighted by atomic mass is 16.8. The average Bonchev–Trinajstić information content (AvgIpc) is 2.97. The Hall–Kier alpha value is -3.25. The summed E-state index contributed by atoms with van der Waals surface area (Å²) in [4.78, 5) is 13.0. The average molecular weight is 611 g/mol. The Morgan fingerprint density at radius 3 is 2.30 bits per heavy atom. The number of aromatic hydroxyl groups is 2. The van der Waals surface area contributed by atoms with E-state index in [1.807, 2.05) is 0 Å². The molecule has 236 valence electrons. The molecule has 2 aromatic rings. The standard InChI is InChI=1S/C28H34O15/c1-10-21(33)23(35)25(37)27(39-10)43-26-24(36)22(34)19(9-29)42-28(26)40-12-6-14(31)20-15(32)8-17(41-18(20)7-12)11-3-4-16(38-2)13(30)5-11/h3-7,10,17,19,21-31,33-37H,8-9H2,1-2H3/t10-,17-,19+,21+,22+,23-,24+,25+,26+,27-,28+/m1/s1. The van der Waals surface area contributed by atoms with Crippen molar-refractivity contribution in [3.05, 3.63) is 41.5 Å². The number of carbonyl (C=O) groups excluding carboxylic acids is 1. The predicted molar refractivity (Wildman–Crippen MR) is 141 cm³/mol. The predicted octanol–water partition coefficient (Wildman–Crippen LogP) is -1.16. The van der Waals surface area contributed by atoms with E-state index < -0.39 is 85.7 Å². The quantitative estimate of drug-likeness (QED) is 0.185. The number of carbonyl (C=O) groups is 1. The summed E-state index contributed by atoms with van der Waals surface area (Å²) >= 11 is 0. The largest absolute Gasteiger partial charge is 0.507 e. The third-order valence-corrected chi connectivity index (χ3v) is 7.72. The Balaban J connectivity index is 1.41. The van der Waals surface area contributed by atoms with Crippen LogP contribution in [0.3, 0.4) is 0 Å². The van der Waals surface area contributed by atoms with Crippen molar-refractivity contribution in [2.75, 3.05) is 13.7 Å². The Bertz CT molecular complexity index is 1320. The number of phenolic OH excluding ortho intramolecular Hbond substituents is 2. The number of ether oxygens (including phenoxy) is 6. The van der Waals surface area contributed by atoms with Crippen LogP contribution in [0, 0.1) is 0 Å². The molecule has 0 bridgehead atoms. The molecule has 0 spiro atoms. The molecule has 2 aromatic carbocycles. The lowest BCUT2D eigenvalue weighted by Gasteiger charge is -2.45. The van der Waals surface area contributed by atoms with Crippen LogP contribution in [0.5, 0.6) is 28.7 Å². The minimum atomic E-state index is -1.76. The van der Waals surface area contributed by atoms with E-state index in [4.69, 9.17) is 28.4 Å². The SMILES string of the molecule is COc1ccc([C@H]2CC(=O)c3c(O)cc(O[C@H]4O[C@@H](CO)[C@H](O)[C@H](O)[C@@H]4O[C@H]4O[C@H](C)[C@H](O)[C@@H](O)[C@@H]4O)cc3O2)cc1O. The number of phenols is 2. The highest BCUT2D eigenvalue weighted by Gasteiger charge is 2.51. The van der Waals surface area contributed by atoms with Gasteiger partial charge in [-0.05, 0) is 24.6 Å². The number of Topliss-reactive ketones (excluding diaryl/α,β-unsaturated/α-hetero) is 1. The molecule has 0 unspecified atom stereocenters. The van der Waals surface area contributed by atoms with Gasteiger partial charge in [0.25, 0.3) is 0 Å². The van der Waals surface area contributed by atoms with Gasteiger partial charge >= 0.3 is 0 Å². The molecule has 3 aliphatic heterocycles. The van der Waals surface area contributed by atoms with Gasteiger partial charge in [0.2, 0.25) is 6.29 Å². The normalized spacial score (nSPS) is 36.0. The monoisotopic (exact) mass is 610 g/mol. The Morgan fingerprint density at radius 2 is 1.63 bits per heavy atom. The third kappa shape index (κ3) is 5.95. The molecule has 0 amide bonds. The maximum Gasteiger partial charge on any atom is 0.229 e. The number of aliphatic hydroxyl groups is 6. The van der Waals surface area contributed by atoms with E-state index in [1.165, 1.54) is 32.2 Å². The van der Waals surface area contributed by atoms with Crippen LogP contribution in [0.15, 0.2) is 30.3 Å². The van der Waals surface area contributed by atoms with Crippen LogP contribution >= 0.6 is 0 Å². The van der Waals surface area contributed by atoms with Gasteiger partial charge in [-0.3, -0.25) is 4.79 Å². The molecule has 3 aliphatic rings. The van der Waals surface area contributed by atoms with Gasteiger partial charge in [0.05, 0.1) is 26.2 Å². The smallest absolute Gasteiger partial charge is 0.229 e. The third-order valence-electron chi connectivity index (χ3n) is 7.72. The summed E-state index contributed by atoms with van der Waals surface area (Å²) in [6.07, 6.45) is -16.3. The number of methoxy groups -OCH3 is 1. The Labute approximate surface area is 245 Å². The first-order chi connectivity index (χ1) is 20.4. The number of ketones is 1. The first-order valence-electron chi connectivity index (χ1n) is 13.5. The fraction of sp³-hybridized carbons (Fsp3) is 0.536. The number of aliphatic hydroxyl groups excluding tert-OH is 6.